The number of carbonyl (C=O) groups excluding carboxylic acids is 2. The Labute approximate surface area is 184 Å². The normalized spacial score (nSPS) is 14.2. The van der Waals surface area contributed by atoms with Gasteiger partial charge in [-0.15, -0.1) is 0 Å². The van der Waals surface area contributed by atoms with Gasteiger partial charge in [0.25, 0.3) is 5.91 Å². The molecular weight excluding hydrogens is 398 g/mol. The van der Waals surface area contributed by atoms with E-state index in [2.05, 4.69) is 24.1 Å². The number of hydrogen-bond acceptors (Lipinski definition) is 3. The average molecular weight is 428 g/mol. The van der Waals surface area contributed by atoms with Crippen LogP contribution in [0.4, 0.5) is 11.4 Å². The number of hydrogen-bond donors (Lipinski definition) is 1. The summed E-state index contributed by atoms with van der Waals surface area (Å²) < 4.78 is 0. The van der Waals surface area contributed by atoms with Crippen molar-refractivity contribution in [2.24, 2.45) is 0 Å². The van der Waals surface area contributed by atoms with Crippen LogP contribution in [0, 0.1) is 0 Å². The van der Waals surface area contributed by atoms with Crippen LogP contribution in [0.2, 0.25) is 5.02 Å². The maximum absolute atomic E-state index is 12.8. The van der Waals surface area contributed by atoms with E-state index in [0.29, 0.717) is 41.7 Å². The van der Waals surface area contributed by atoms with E-state index in [9.17, 15) is 9.59 Å². The number of nitrogens with one attached hydrogen (secondary N) is 1. The summed E-state index contributed by atoms with van der Waals surface area (Å²) in [6.07, 6.45) is 1.46. The third-order valence-electron chi connectivity index (χ3n) is 5.48. The molecular formula is C24H30ClN3O2. The second-order valence-corrected chi connectivity index (χ2v) is 8.45. The number of anilines is 2. The first-order chi connectivity index (χ1) is 14.4. The summed E-state index contributed by atoms with van der Waals surface area (Å²) in [5.41, 5.74) is 3.42. The lowest BCUT2D eigenvalue weighted by molar-refractivity contribution is -0.131. The molecule has 2 aromatic rings. The molecule has 2 aromatic carbocycles. The van der Waals surface area contributed by atoms with Gasteiger partial charge in [0.15, 0.2) is 0 Å². The summed E-state index contributed by atoms with van der Waals surface area (Å²) in [6, 6.07) is 13.2. The van der Waals surface area contributed by atoms with Crippen molar-refractivity contribution >= 4 is 34.8 Å². The highest BCUT2D eigenvalue weighted by Crippen LogP contribution is 2.30. The predicted octanol–water partition coefficient (Wildman–Crippen LogP) is 5.16. The maximum atomic E-state index is 12.8. The van der Waals surface area contributed by atoms with Gasteiger partial charge in [0.1, 0.15) is 0 Å². The van der Waals surface area contributed by atoms with Crippen molar-refractivity contribution in [1.29, 1.82) is 0 Å². The molecule has 1 fully saturated rings. The van der Waals surface area contributed by atoms with Crippen molar-refractivity contribution in [3.05, 3.63) is 58.6 Å². The van der Waals surface area contributed by atoms with E-state index in [-0.39, 0.29) is 11.8 Å². The van der Waals surface area contributed by atoms with Crippen LogP contribution >= 0.6 is 11.6 Å². The Bertz CT molecular complexity index is 888. The number of piperazine rings is 1. The van der Waals surface area contributed by atoms with Crippen LogP contribution in [0.3, 0.4) is 0 Å². The van der Waals surface area contributed by atoms with Gasteiger partial charge in [0.2, 0.25) is 5.91 Å². The Morgan fingerprint density at radius 1 is 1.03 bits per heavy atom. The third-order valence-corrected chi connectivity index (χ3v) is 5.72. The standard InChI is InChI=1S/C24H30ClN3O2/c1-4-5-23(29)28-14-12-27(13-15-28)22-11-10-20(25)16-21(22)26-24(30)19-8-6-18(7-9-19)17(2)3/h6-11,16-17H,4-5,12-15H2,1-3H3,(H,26,30). The first-order valence-corrected chi connectivity index (χ1v) is 11.0. The van der Waals surface area contributed by atoms with Crippen LogP contribution in [0.5, 0.6) is 0 Å². The number of amides is 2. The van der Waals surface area contributed by atoms with Crippen molar-refractivity contribution in [2.45, 2.75) is 39.5 Å². The van der Waals surface area contributed by atoms with Crippen LogP contribution in [0.1, 0.15) is 55.5 Å². The first kappa shape index (κ1) is 22.2. The van der Waals surface area contributed by atoms with Crippen LogP contribution in [-0.4, -0.2) is 42.9 Å². The monoisotopic (exact) mass is 427 g/mol. The molecule has 30 heavy (non-hydrogen) atoms. The summed E-state index contributed by atoms with van der Waals surface area (Å²) in [7, 11) is 0. The number of carbonyl (C=O) groups is 2. The summed E-state index contributed by atoms with van der Waals surface area (Å²) in [6.45, 7) is 9.10. The fraction of sp³-hybridized carbons (Fsp3) is 0.417. The molecule has 1 aliphatic rings. The molecule has 160 valence electrons. The quantitative estimate of drug-likeness (QED) is 0.692. The van der Waals surface area contributed by atoms with Crippen molar-refractivity contribution in [2.75, 3.05) is 36.4 Å². The minimum absolute atomic E-state index is 0.161. The molecule has 5 nitrogen and oxygen atoms in total. The number of benzene rings is 2. The number of nitrogens with zero attached hydrogens (tertiary/aromatic N) is 2. The van der Waals surface area contributed by atoms with Crippen LogP contribution < -0.4 is 10.2 Å². The van der Waals surface area contributed by atoms with E-state index in [4.69, 9.17) is 11.6 Å². The van der Waals surface area contributed by atoms with Crippen molar-refractivity contribution in [3.63, 3.8) is 0 Å². The zero-order valence-corrected chi connectivity index (χ0v) is 18.7. The lowest BCUT2D eigenvalue weighted by atomic mass is 10.0. The van der Waals surface area contributed by atoms with Gasteiger partial charge >= 0.3 is 0 Å². The lowest BCUT2D eigenvalue weighted by Crippen LogP contribution is -2.48. The van der Waals surface area contributed by atoms with E-state index in [1.54, 1.807) is 6.07 Å². The van der Waals surface area contributed by atoms with E-state index < -0.39 is 0 Å². The summed E-state index contributed by atoms with van der Waals surface area (Å²) >= 11 is 6.22. The molecule has 6 heteroatoms. The minimum Gasteiger partial charge on any atom is -0.366 e. The molecule has 3 rings (SSSR count). The van der Waals surface area contributed by atoms with Gasteiger partial charge in [-0.3, -0.25) is 9.59 Å². The molecule has 1 N–H and O–H groups in total. The van der Waals surface area contributed by atoms with E-state index in [0.717, 1.165) is 25.2 Å². The molecule has 1 heterocycles. The second-order valence-electron chi connectivity index (χ2n) is 8.01. The van der Waals surface area contributed by atoms with Crippen molar-refractivity contribution in [1.82, 2.24) is 4.90 Å². The second kappa shape index (κ2) is 9.98. The molecule has 0 spiro atoms. The zero-order valence-electron chi connectivity index (χ0n) is 18.0. The Balaban J connectivity index is 1.73. The molecule has 0 unspecified atom stereocenters. The largest absolute Gasteiger partial charge is 0.366 e. The topological polar surface area (TPSA) is 52.7 Å². The van der Waals surface area contributed by atoms with E-state index >= 15 is 0 Å². The highest BCUT2D eigenvalue weighted by atomic mass is 35.5. The first-order valence-electron chi connectivity index (χ1n) is 10.6. The molecule has 1 aliphatic heterocycles. The predicted molar refractivity (Wildman–Crippen MR) is 124 cm³/mol. The smallest absolute Gasteiger partial charge is 0.255 e. The molecule has 0 aliphatic carbocycles. The highest BCUT2D eigenvalue weighted by Gasteiger charge is 2.23. The Kier molecular flexibility index (Phi) is 7.38. The maximum Gasteiger partial charge on any atom is 0.255 e. The van der Waals surface area contributed by atoms with Gasteiger partial charge < -0.3 is 15.1 Å². The van der Waals surface area contributed by atoms with Gasteiger partial charge in [-0.05, 0) is 48.2 Å². The Morgan fingerprint density at radius 2 is 1.70 bits per heavy atom. The number of halogens is 1. The molecule has 0 atom stereocenters. The molecule has 1 saturated heterocycles. The van der Waals surface area contributed by atoms with E-state index in [1.165, 1.54) is 5.56 Å². The van der Waals surface area contributed by atoms with Gasteiger partial charge in [0, 0.05) is 43.2 Å². The van der Waals surface area contributed by atoms with E-state index in [1.807, 2.05) is 48.2 Å². The summed E-state index contributed by atoms with van der Waals surface area (Å²) in [5.74, 6) is 0.474. The van der Waals surface area contributed by atoms with Gasteiger partial charge in [-0.25, -0.2) is 0 Å². The molecule has 0 saturated carbocycles. The van der Waals surface area contributed by atoms with Gasteiger partial charge in [-0.1, -0.05) is 44.5 Å². The molecule has 0 aromatic heterocycles. The Hall–Kier alpha value is -2.53. The third kappa shape index (κ3) is 5.33. The molecule has 0 radical (unpaired) electrons. The summed E-state index contributed by atoms with van der Waals surface area (Å²) in [5, 5.41) is 3.59. The highest BCUT2D eigenvalue weighted by molar-refractivity contribution is 6.31. The summed E-state index contributed by atoms with van der Waals surface area (Å²) in [4.78, 5) is 29.1. The zero-order chi connectivity index (χ0) is 21.7. The fourth-order valence-electron chi connectivity index (χ4n) is 3.67. The van der Waals surface area contributed by atoms with Gasteiger partial charge in [0.05, 0.1) is 11.4 Å². The molecule has 0 bridgehead atoms. The average Bonchev–Trinajstić information content (AvgIpc) is 2.74. The Morgan fingerprint density at radius 3 is 2.30 bits per heavy atom. The number of rotatable bonds is 6. The lowest BCUT2D eigenvalue weighted by Gasteiger charge is -2.37. The SMILES string of the molecule is CCCC(=O)N1CCN(c2ccc(Cl)cc2NC(=O)c2ccc(C(C)C)cc2)CC1. The van der Waals surface area contributed by atoms with Crippen LogP contribution in [0.15, 0.2) is 42.5 Å². The van der Waals surface area contributed by atoms with Crippen molar-refractivity contribution in [3.8, 4) is 0 Å². The van der Waals surface area contributed by atoms with Gasteiger partial charge in [-0.2, -0.15) is 0 Å². The van der Waals surface area contributed by atoms with Crippen LogP contribution in [0.25, 0.3) is 0 Å². The fourth-order valence-corrected chi connectivity index (χ4v) is 3.84. The van der Waals surface area contributed by atoms with Crippen LogP contribution in [-0.2, 0) is 4.79 Å². The minimum atomic E-state index is -0.161. The van der Waals surface area contributed by atoms with Crippen molar-refractivity contribution < 1.29 is 9.59 Å². The molecule has 2 amide bonds.